The molecule has 2 saturated heterocycles. The van der Waals surface area contributed by atoms with E-state index in [0.717, 1.165) is 25.0 Å². The van der Waals surface area contributed by atoms with Crippen molar-refractivity contribution in [1.29, 1.82) is 0 Å². The molecule has 0 radical (unpaired) electrons. The van der Waals surface area contributed by atoms with E-state index >= 15 is 0 Å². The highest BCUT2D eigenvalue weighted by Gasteiger charge is 2.44. The molecule has 2 fully saturated rings. The van der Waals surface area contributed by atoms with Gasteiger partial charge in [0.1, 0.15) is 6.04 Å². The lowest BCUT2D eigenvalue weighted by Gasteiger charge is -2.38. The van der Waals surface area contributed by atoms with Crippen molar-refractivity contribution in [2.45, 2.75) is 70.6 Å². The zero-order valence-electron chi connectivity index (χ0n) is 17.9. The minimum Gasteiger partial charge on any atom is -0.377 e. The summed E-state index contributed by atoms with van der Waals surface area (Å²) in [6.07, 6.45) is -3.34. The molecule has 6 nitrogen and oxygen atoms in total. The molecule has 4 unspecified atom stereocenters. The fourth-order valence-electron chi connectivity index (χ4n) is 3.96. The van der Waals surface area contributed by atoms with E-state index in [1.165, 1.54) is 12.1 Å². The van der Waals surface area contributed by atoms with Crippen molar-refractivity contribution >= 4 is 11.8 Å². The highest BCUT2D eigenvalue weighted by molar-refractivity contribution is 5.89. The van der Waals surface area contributed by atoms with Crippen molar-refractivity contribution in [3.63, 3.8) is 0 Å². The van der Waals surface area contributed by atoms with E-state index in [1.807, 2.05) is 4.90 Å². The van der Waals surface area contributed by atoms with Gasteiger partial charge in [-0.05, 0) is 37.5 Å². The maximum Gasteiger partial charge on any atom is 0.416 e. The van der Waals surface area contributed by atoms with Gasteiger partial charge in [0.05, 0.1) is 43.6 Å². The smallest absolute Gasteiger partial charge is 0.377 e. The number of morpholine rings is 1. The fourth-order valence-corrected chi connectivity index (χ4v) is 3.96. The molecule has 4 atom stereocenters. The first-order chi connectivity index (χ1) is 14.6. The molecule has 0 aromatic heterocycles. The highest BCUT2D eigenvalue weighted by atomic mass is 19.4. The summed E-state index contributed by atoms with van der Waals surface area (Å²) in [5.41, 5.74) is -0.183. The Bertz CT molecular complexity index is 766. The fraction of sp³-hybridized carbons (Fsp3) is 0.636. The van der Waals surface area contributed by atoms with Gasteiger partial charge in [0.15, 0.2) is 0 Å². The number of fused-ring (bicyclic) bond motifs is 2. The van der Waals surface area contributed by atoms with Gasteiger partial charge in [-0.15, -0.1) is 0 Å². The minimum atomic E-state index is -4.40. The lowest BCUT2D eigenvalue weighted by Crippen LogP contribution is -2.60. The maximum atomic E-state index is 13.4. The molecule has 2 aliphatic heterocycles. The van der Waals surface area contributed by atoms with E-state index in [4.69, 9.17) is 9.47 Å². The second kappa shape index (κ2) is 9.56. The zero-order chi connectivity index (χ0) is 22.8. The van der Waals surface area contributed by atoms with Crippen LogP contribution in [0.15, 0.2) is 24.3 Å². The van der Waals surface area contributed by atoms with Gasteiger partial charge in [-0.2, -0.15) is 13.2 Å². The third-order valence-corrected chi connectivity index (χ3v) is 5.85. The molecule has 0 aliphatic carbocycles. The Balaban J connectivity index is 1.69. The number of hydrogen-bond acceptors (Lipinski definition) is 4. The molecule has 0 saturated carbocycles. The maximum absolute atomic E-state index is 13.4. The van der Waals surface area contributed by atoms with E-state index in [2.05, 4.69) is 5.32 Å². The summed E-state index contributed by atoms with van der Waals surface area (Å²) < 4.78 is 49.6. The van der Waals surface area contributed by atoms with Crippen LogP contribution < -0.4 is 5.32 Å². The minimum absolute atomic E-state index is 0.00758. The van der Waals surface area contributed by atoms with Crippen molar-refractivity contribution in [3.05, 3.63) is 35.4 Å². The summed E-state index contributed by atoms with van der Waals surface area (Å²) in [6.45, 7) is 6.15. The standard InChI is InChI=1S/C22H29F3N2O4/c1-13(2)20(28)26-19(21(29)27-17-8-9-18(27)12-30-11-17)14(3)31-10-15-4-6-16(7-5-15)22(23,24)25/h4-7,13-14,17-19H,8-12H2,1-3H3,(H,26,28). The van der Waals surface area contributed by atoms with Crippen molar-refractivity contribution in [1.82, 2.24) is 10.2 Å². The van der Waals surface area contributed by atoms with E-state index in [9.17, 15) is 22.8 Å². The first-order valence-electron chi connectivity index (χ1n) is 10.6. The summed E-state index contributed by atoms with van der Waals surface area (Å²) in [7, 11) is 0. The number of nitrogens with one attached hydrogen (secondary N) is 1. The molecule has 2 aliphatic rings. The van der Waals surface area contributed by atoms with Gasteiger partial charge >= 0.3 is 6.18 Å². The number of carbonyl (C=O) groups excluding carboxylic acids is 2. The van der Waals surface area contributed by atoms with Gasteiger partial charge in [0.2, 0.25) is 11.8 Å². The summed E-state index contributed by atoms with van der Waals surface area (Å²) in [5, 5.41) is 2.80. The molecular formula is C22H29F3N2O4. The largest absolute Gasteiger partial charge is 0.416 e. The van der Waals surface area contributed by atoms with Crippen LogP contribution in [0.2, 0.25) is 0 Å². The Labute approximate surface area is 180 Å². The molecule has 1 aromatic carbocycles. The Morgan fingerprint density at radius 2 is 1.71 bits per heavy atom. The molecule has 2 bridgehead atoms. The summed E-state index contributed by atoms with van der Waals surface area (Å²) >= 11 is 0. The summed E-state index contributed by atoms with van der Waals surface area (Å²) in [4.78, 5) is 27.5. The molecule has 2 heterocycles. The molecular weight excluding hydrogens is 413 g/mol. The quantitative estimate of drug-likeness (QED) is 0.705. The normalized spacial score (nSPS) is 23.0. The lowest BCUT2D eigenvalue weighted by atomic mass is 10.1. The second-order valence-electron chi connectivity index (χ2n) is 8.52. The molecule has 9 heteroatoms. The highest BCUT2D eigenvalue weighted by Crippen LogP contribution is 2.31. The molecule has 1 aromatic rings. The van der Waals surface area contributed by atoms with E-state index in [0.29, 0.717) is 18.8 Å². The van der Waals surface area contributed by atoms with Crippen LogP contribution in [-0.4, -0.2) is 54.2 Å². The van der Waals surface area contributed by atoms with Gasteiger partial charge < -0.3 is 19.7 Å². The summed E-state index contributed by atoms with van der Waals surface area (Å²) in [6, 6.07) is 3.79. The molecule has 31 heavy (non-hydrogen) atoms. The van der Waals surface area contributed by atoms with Gasteiger partial charge in [0.25, 0.3) is 0 Å². The number of carbonyl (C=O) groups is 2. The number of amides is 2. The molecule has 172 valence electrons. The van der Waals surface area contributed by atoms with Gasteiger partial charge in [0, 0.05) is 5.92 Å². The predicted molar refractivity (Wildman–Crippen MR) is 107 cm³/mol. The van der Waals surface area contributed by atoms with E-state index in [1.54, 1.807) is 20.8 Å². The number of ether oxygens (including phenoxy) is 2. The number of benzene rings is 1. The van der Waals surface area contributed by atoms with Gasteiger partial charge in [-0.3, -0.25) is 9.59 Å². The number of nitrogens with zero attached hydrogens (tertiary/aromatic N) is 1. The predicted octanol–water partition coefficient (Wildman–Crippen LogP) is 3.14. The van der Waals surface area contributed by atoms with Crippen LogP contribution in [0.5, 0.6) is 0 Å². The average molecular weight is 442 g/mol. The van der Waals surface area contributed by atoms with Crippen LogP contribution in [-0.2, 0) is 31.8 Å². The Kier molecular flexibility index (Phi) is 7.26. The number of hydrogen-bond donors (Lipinski definition) is 1. The van der Waals surface area contributed by atoms with Crippen LogP contribution in [0, 0.1) is 5.92 Å². The molecule has 2 amide bonds. The third-order valence-electron chi connectivity index (χ3n) is 5.85. The first kappa shape index (κ1) is 23.5. The van der Waals surface area contributed by atoms with Crippen molar-refractivity contribution in [2.24, 2.45) is 5.92 Å². The Morgan fingerprint density at radius 3 is 2.23 bits per heavy atom. The van der Waals surface area contributed by atoms with Crippen LogP contribution in [0.3, 0.4) is 0 Å². The Hall–Kier alpha value is -2.13. The summed E-state index contributed by atoms with van der Waals surface area (Å²) in [5.74, 6) is -0.771. The van der Waals surface area contributed by atoms with Crippen molar-refractivity contribution < 1.29 is 32.2 Å². The van der Waals surface area contributed by atoms with Gasteiger partial charge in [-0.25, -0.2) is 0 Å². The number of halogens is 3. The van der Waals surface area contributed by atoms with Crippen molar-refractivity contribution in [2.75, 3.05) is 13.2 Å². The number of alkyl halides is 3. The average Bonchev–Trinajstić information content (AvgIpc) is 2.97. The van der Waals surface area contributed by atoms with Crippen LogP contribution >= 0.6 is 0 Å². The van der Waals surface area contributed by atoms with Crippen LogP contribution in [0.4, 0.5) is 13.2 Å². The van der Waals surface area contributed by atoms with E-state index < -0.39 is 23.9 Å². The van der Waals surface area contributed by atoms with Crippen LogP contribution in [0.25, 0.3) is 0 Å². The topological polar surface area (TPSA) is 67.9 Å². The lowest BCUT2D eigenvalue weighted by molar-refractivity contribution is -0.150. The first-order valence-corrected chi connectivity index (χ1v) is 10.6. The van der Waals surface area contributed by atoms with Crippen molar-refractivity contribution in [3.8, 4) is 0 Å². The zero-order valence-corrected chi connectivity index (χ0v) is 17.9. The Morgan fingerprint density at radius 1 is 1.13 bits per heavy atom. The number of rotatable bonds is 7. The van der Waals surface area contributed by atoms with Crippen LogP contribution in [0.1, 0.15) is 44.7 Å². The molecule has 1 N–H and O–H groups in total. The SMILES string of the molecule is CC(C)C(=O)NC(C(=O)N1C2CCC1COC2)C(C)OCc1ccc(C(F)(F)F)cc1. The van der Waals surface area contributed by atoms with E-state index in [-0.39, 0.29) is 36.4 Å². The van der Waals surface area contributed by atoms with Gasteiger partial charge in [-0.1, -0.05) is 26.0 Å². The second-order valence-corrected chi connectivity index (χ2v) is 8.52. The molecule has 0 spiro atoms. The molecule has 3 rings (SSSR count). The monoisotopic (exact) mass is 442 g/mol. The third kappa shape index (κ3) is 5.57.